The SMILES string of the molecule is COCc1cc(-n2ncc3c2C=C2CC[C@@H]4C([C@@H](O)C[C@@]5(C)C4CC[C@]5(OC(=O)c4ccco4)C(=O)S)[C@@]2(C)C3)ccc1F. The van der Waals surface area contributed by atoms with E-state index in [1.165, 1.54) is 24.0 Å². The van der Waals surface area contributed by atoms with Crippen LogP contribution in [0.4, 0.5) is 4.39 Å². The second-order valence-corrected chi connectivity index (χ2v) is 13.9. The van der Waals surface area contributed by atoms with Gasteiger partial charge in [-0.2, -0.15) is 5.10 Å². The lowest BCUT2D eigenvalue weighted by Gasteiger charge is -2.60. The van der Waals surface area contributed by atoms with E-state index in [4.69, 9.17) is 19.0 Å². The molecular weight excluding hydrogens is 583 g/mol. The number of nitrogens with zero attached hydrogens (tertiary/aromatic N) is 2. The molecule has 0 radical (unpaired) electrons. The molecule has 2 heterocycles. The average Bonchev–Trinajstić information content (AvgIpc) is 3.71. The number of allylic oxidation sites excluding steroid dienone is 1. The zero-order valence-corrected chi connectivity index (χ0v) is 26.0. The molecule has 4 aliphatic carbocycles. The lowest BCUT2D eigenvalue weighted by atomic mass is 9.45. The summed E-state index contributed by atoms with van der Waals surface area (Å²) in [4.78, 5) is 26.3. The largest absolute Gasteiger partial charge is 0.457 e. The van der Waals surface area contributed by atoms with Gasteiger partial charge in [-0.15, -0.1) is 12.6 Å². The summed E-state index contributed by atoms with van der Waals surface area (Å²) in [7, 11) is 1.54. The fourth-order valence-corrected chi connectivity index (χ4v) is 9.92. The third-order valence-corrected chi connectivity index (χ3v) is 11.8. The zero-order valence-electron chi connectivity index (χ0n) is 25.1. The van der Waals surface area contributed by atoms with Gasteiger partial charge in [0, 0.05) is 18.1 Å². The topological polar surface area (TPSA) is 104 Å². The number of thiol groups is 1. The van der Waals surface area contributed by atoms with Crippen LogP contribution in [0.5, 0.6) is 0 Å². The third kappa shape index (κ3) is 4.13. The van der Waals surface area contributed by atoms with Crippen LogP contribution in [0, 0.1) is 34.4 Å². The van der Waals surface area contributed by atoms with Crippen molar-refractivity contribution in [2.75, 3.05) is 7.11 Å². The third-order valence-electron chi connectivity index (χ3n) is 11.5. The fraction of sp³-hybridized carbons (Fsp3) is 0.500. The Kier molecular flexibility index (Phi) is 6.99. The standard InChI is InChI=1S/C34H37FN2O6S/c1-32-15-20-17-36-37(22-7-9-25(35)19(13-22)18-41-3)26(20)14-21(32)6-8-23-24-10-11-34(31(40)44,33(24,2)16-27(38)29(23)32)43-30(39)28-5-4-12-42-28/h4-5,7,9,12-14,17,23-24,27,29,38H,6,8,10-11,15-16,18H2,1-3H3,(H,40,44)/t23-,24?,27-,29?,32-,33-,34-/m0/s1. The highest BCUT2D eigenvalue weighted by Gasteiger charge is 2.70. The maximum atomic E-state index is 14.3. The van der Waals surface area contributed by atoms with Gasteiger partial charge in [0.25, 0.3) is 0 Å². The van der Waals surface area contributed by atoms with E-state index in [0.29, 0.717) is 31.2 Å². The first-order valence-corrected chi connectivity index (χ1v) is 15.7. The Morgan fingerprint density at radius 2 is 2.07 bits per heavy atom. The van der Waals surface area contributed by atoms with E-state index >= 15 is 0 Å². The molecule has 4 aliphatic rings. The van der Waals surface area contributed by atoms with E-state index in [1.807, 2.05) is 17.8 Å². The first kappa shape index (κ1) is 29.5. The van der Waals surface area contributed by atoms with Gasteiger partial charge in [0.1, 0.15) is 5.82 Å². The Morgan fingerprint density at radius 3 is 2.80 bits per heavy atom. The number of benzene rings is 1. The fourth-order valence-electron chi connectivity index (χ4n) is 9.50. The molecule has 3 saturated carbocycles. The molecule has 232 valence electrons. The quantitative estimate of drug-likeness (QED) is 0.259. The molecule has 3 fully saturated rings. The molecule has 7 rings (SSSR count). The van der Waals surface area contributed by atoms with Gasteiger partial charge in [-0.05, 0) is 104 Å². The lowest BCUT2D eigenvalue weighted by molar-refractivity contribution is -0.174. The monoisotopic (exact) mass is 620 g/mol. The molecule has 0 amide bonds. The van der Waals surface area contributed by atoms with Gasteiger partial charge in [-0.3, -0.25) is 4.79 Å². The second kappa shape index (κ2) is 10.4. The second-order valence-electron chi connectivity index (χ2n) is 13.5. The molecule has 2 aromatic heterocycles. The number of aliphatic hydroxyl groups is 1. The summed E-state index contributed by atoms with van der Waals surface area (Å²) in [5, 5.41) is 16.2. The molecule has 0 spiro atoms. The highest BCUT2D eigenvalue weighted by molar-refractivity contribution is 7.96. The molecule has 10 heteroatoms. The first-order valence-electron chi connectivity index (χ1n) is 15.3. The molecule has 0 bridgehead atoms. The number of carbonyl (C=O) groups is 2. The lowest BCUT2D eigenvalue weighted by Crippen LogP contribution is -2.62. The summed E-state index contributed by atoms with van der Waals surface area (Å²) in [6, 6.07) is 8.07. The van der Waals surface area contributed by atoms with Crippen LogP contribution in [-0.2, 0) is 27.3 Å². The van der Waals surface area contributed by atoms with Gasteiger partial charge in [0.05, 0.1) is 36.6 Å². The van der Waals surface area contributed by atoms with Crippen LogP contribution in [0.3, 0.4) is 0 Å². The van der Waals surface area contributed by atoms with Gasteiger partial charge in [-0.25, -0.2) is 13.9 Å². The smallest absolute Gasteiger partial charge is 0.375 e. The summed E-state index contributed by atoms with van der Waals surface area (Å²) in [5.41, 5.74) is 2.03. The summed E-state index contributed by atoms with van der Waals surface area (Å²) >= 11 is 4.27. The number of fused-ring (bicyclic) bond motifs is 6. The van der Waals surface area contributed by atoms with Gasteiger partial charge in [0.15, 0.2) is 5.60 Å². The van der Waals surface area contributed by atoms with Crippen LogP contribution in [0.15, 0.2) is 52.8 Å². The number of esters is 1. The molecule has 1 aromatic carbocycles. The molecule has 0 aliphatic heterocycles. The van der Waals surface area contributed by atoms with Gasteiger partial charge < -0.3 is 19.0 Å². The minimum absolute atomic E-state index is 0.0364. The normalized spacial score (nSPS) is 33.9. The van der Waals surface area contributed by atoms with Crippen molar-refractivity contribution in [1.82, 2.24) is 9.78 Å². The maximum absolute atomic E-state index is 14.3. The summed E-state index contributed by atoms with van der Waals surface area (Å²) in [6.07, 6.45) is 8.56. The van der Waals surface area contributed by atoms with Crippen LogP contribution in [0.25, 0.3) is 11.8 Å². The number of aromatic nitrogens is 2. The Morgan fingerprint density at radius 1 is 1.25 bits per heavy atom. The number of hydrogen-bond donors (Lipinski definition) is 2. The maximum Gasteiger partial charge on any atom is 0.375 e. The van der Waals surface area contributed by atoms with Crippen molar-refractivity contribution in [3.05, 3.63) is 76.8 Å². The summed E-state index contributed by atoms with van der Waals surface area (Å²) < 4.78 is 32.7. The van der Waals surface area contributed by atoms with Gasteiger partial charge in [0.2, 0.25) is 10.9 Å². The van der Waals surface area contributed by atoms with Gasteiger partial charge in [-0.1, -0.05) is 19.4 Å². The highest BCUT2D eigenvalue weighted by atomic mass is 32.1. The predicted octanol–water partition coefficient (Wildman–Crippen LogP) is 5.96. The van der Waals surface area contributed by atoms with Crippen LogP contribution in [0.2, 0.25) is 0 Å². The molecule has 3 aromatic rings. The van der Waals surface area contributed by atoms with Crippen molar-refractivity contribution >= 4 is 29.8 Å². The summed E-state index contributed by atoms with van der Waals surface area (Å²) in [5.74, 6) is -0.808. The Bertz CT molecular complexity index is 1670. The molecule has 44 heavy (non-hydrogen) atoms. The predicted molar refractivity (Wildman–Crippen MR) is 163 cm³/mol. The Hall–Kier alpha value is -3.21. The minimum atomic E-state index is -1.45. The number of furan rings is 1. The number of rotatable bonds is 6. The molecule has 2 unspecified atom stereocenters. The van der Waals surface area contributed by atoms with E-state index in [-0.39, 0.29) is 41.4 Å². The van der Waals surface area contributed by atoms with Crippen molar-refractivity contribution in [3.8, 4) is 5.69 Å². The van der Waals surface area contributed by atoms with E-state index < -0.39 is 28.2 Å². The number of halogens is 1. The minimum Gasteiger partial charge on any atom is -0.457 e. The van der Waals surface area contributed by atoms with E-state index in [2.05, 4.69) is 25.6 Å². The van der Waals surface area contributed by atoms with Crippen LogP contribution in [-0.4, -0.2) is 44.8 Å². The van der Waals surface area contributed by atoms with E-state index in [1.54, 1.807) is 25.3 Å². The van der Waals surface area contributed by atoms with E-state index in [9.17, 15) is 19.1 Å². The van der Waals surface area contributed by atoms with Crippen molar-refractivity contribution in [2.24, 2.45) is 28.6 Å². The number of hydrogen-bond acceptors (Lipinski definition) is 7. The van der Waals surface area contributed by atoms with Crippen molar-refractivity contribution in [1.29, 1.82) is 0 Å². The zero-order chi connectivity index (χ0) is 31.0. The van der Waals surface area contributed by atoms with Crippen molar-refractivity contribution in [3.63, 3.8) is 0 Å². The van der Waals surface area contributed by atoms with Crippen LogP contribution >= 0.6 is 12.6 Å². The molecule has 7 atom stereocenters. The van der Waals surface area contributed by atoms with Crippen LogP contribution in [0.1, 0.15) is 73.3 Å². The van der Waals surface area contributed by atoms with E-state index in [0.717, 1.165) is 29.8 Å². The highest BCUT2D eigenvalue weighted by Crippen LogP contribution is 2.68. The Labute approximate surface area is 261 Å². The van der Waals surface area contributed by atoms with Gasteiger partial charge >= 0.3 is 5.97 Å². The molecule has 8 nitrogen and oxygen atoms in total. The Balaban J connectivity index is 1.21. The first-order chi connectivity index (χ1) is 21.0. The van der Waals surface area contributed by atoms with Crippen LogP contribution < -0.4 is 0 Å². The number of ether oxygens (including phenoxy) is 2. The number of methoxy groups -OCH3 is 1. The number of aliphatic hydroxyl groups excluding tert-OH is 1. The molecule has 1 N–H and O–H groups in total. The number of carbonyl (C=O) groups excluding carboxylic acids is 2. The summed E-state index contributed by atoms with van der Waals surface area (Å²) in [6.45, 7) is 4.41. The molecule has 0 saturated heterocycles. The average molecular weight is 621 g/mol. The van der Waals surface area contributed by atoms with Crippen molar-refractivity contribution < 1.29 is 33.0 Å². The molecular formula is C34H37FN2O6S. The van der Waals surface area contributed by atoms with Crippen molar-refractivity contribution in [2.45, 2.75) is 70.7 Å².